The van der Waals surface area contributed by atoms with Crippen molar-refractivity contribution in [2.24, 2.45) is 0 Å². The van der Waals surface area contributed by atoms with E-state index in [1.807, 2.05) is 12.1 Å². The molecule has 0 amide bonds. The zero-order valence-corrected chi connectivity index (χ0v) is 20.9. The van der Waals surface area contributed by atoms with Crippen molar-refractivity contribution in [1.29, 1.82) is 0 Å². The molecule has 0 aliphatic heterocycles. The Balaban J connectivity index is 2.30. The zero-order chi connectivity index (χ0) is 23.4. The molecular weight excluding hydrogens is 424 g/mol. The summed E-state index contributed by atoms with van der Waals surface area (Å²) in [6.45, 7) is 6.52. The molecule has 3 rings (SSSR count). The summed E-state index contributed by atoms with van der Waals surface area (Å²) < 4.78 is 28.1. The van der Waals surface area contributed by atoms with Crippen molar-refractivity contribution >= 4 is 30.7 Å². The summed E-state index contributed by atoms with van der Waals surface area (Å²) in [4.78, 5) is 13.9. The molecule has 0 atom stereocenters. The summed E-state index contributed by atoms with van der Waals surface area (Å²) in [6, 6.07) is 7.28. The smallest absolute Gasteiger partial charge is 0.203 e. The highest BCUT2D eigenvalue weighted by atomic mass is 28.3. The van der Waals surface area contributed by atoms with Crippen LogP contribution in [0.2, 0.25) is 13.1 Å². The minimum Gasteiger partial charge on any atom is -0.497 e. The minimum absolute atomic E-state index is 0.122. The van der Waals surface area contributed by atoms with Crippen LogP contribution in [0.15, 0.2) is 28.7 Å². The van der Waals surface area contributed by atoms with Gasteiger partial charge in [0.1, 0.15) is 17.1 Å². The summed E-state index contributed by atoms with van der Waals surface area (Å²) >= 11 is 0. The van der Waals surface area contributed by atoms with E-state index in [1.165, 1.54) is 0 Å². The number of furan rings is 1. The largest absolute Gasteiger partial charge is 0.497 e. The van der Waals surface area contributed by atoms with Gasteiger partial charge in [-0.2, -0.15) is 0 Å². The second kappa shape index (κ2) is 10.1. The third kappa shape index (κ3) is 4.34. The number of ketones is 1. The quantitative estimate of drug-likeness (QED) is 0.316. The number of hydrogen-bond donors (Lipinski definition) is 0. The molecule has 0 aliphatic carbocycles. The Morgan fingerprint density at radius 2 is 1.59 bits per heavy atom. The minimum atomic E-state index is -0.910. The van der Waals surface area contributed by atoms with Crippen LogP contribution in [0.4, 0.5) is 0 Å². The van der Waals surface area contributed by atoms with Crippen LogP contribution in [0.25, 0.3) is 11.0 Å². The first kappa shape index (κ1) is 23.7. The number of rotatable bonds is 10. The molecule has 1 radical (unpaired) electrons. The lowest BCUT2D eigenvalue weighted by Crippen LogP contribution is -2.24. The van der Waals surface area contributed by atoms with Crippen LogP contribution in [0.1, 0.15) is 41.4 Å². The van der Waals surface area contributed by atoms with E-state index in [1.54, 1.807) is 40.6 Å². The Kier molecular flexibility index (Phi) is 7.51. The van der Waals surface area contributed by atoms with Crippen molar-refractivity contribution in [3.8, 4) is 23.0 Å². The van der Waals surface area contributed by atoms with Crippen LogP contribution in [0.5, 0.6) is 23.0 Å². The summed E-state index contributed by atoms with van der Waals surface area (Å²) in [5.74, 6) is 2.66. The lowest BCUT2D eigenvalue weighted by Gasteiger charge is -2.14. The fourth-order valence-electron chi connectivity index (χ4n) is 3.87. The van der Waals surface area contributed by atoms with Gasteiger partial charge in [0, 0.05) is 23.4 Å². The number of carbonyl (C=O) groups excluding carboxylic acids is 1. The van der Waals surface area contributed by atoms with Gasteiger partial charge in [-0.3, -0.25) is 4.79 Å². The molecule has 0 bridgehead atoms. The molecule has 0 unspecified atom stereocenters. The maximum atomic E-state index is 13.9. The van der Waals surface area contributed by atoms with Crippen molar-refractivity contribution in [1.82, 2.24) is 0 Å². The summed E-state index contributed by atoms with van der Waals surface area (Å²) in [7, 11) is 5.36. The standard InChI is InChI=1S/C25H31O6Si/c1-8-9-10-17-23(22-18(31-17)13-16(27-2)14-21(22)32(6)7)24(26)15-11-19(28-3)25(30-5)20(12-15)29-4/h11-14H,8-10H2,1-7H3. The van der Waals surface area contributed by atoms with Gasteiger partial charge in [-0.25, -0.2) is 0 Å². The highest BCUT2D eigenvalue weighted by molar-refractivity contribution is 6.73. The van der Waals surface area contributed by atoms with Gasteiger partial charge < -0.3 is 23.4 Å². The van der Waals surface area contributed by atoms with Crippen LogP contribution >= 0.6 is 0 Å². The maximum absolute atomic E-state index is 13.9. The first-order chi connectivity index (χ1) is 15.4. The van der Waals surface area contributed by atoms with E-state index in [9.17, 15) is 4.79 Å². The fourth-order valence-corrected chi connectivity index (χ4v) is 5.05. The van der Waals surface area contributed by atoms with E-state index in [4.69, 9.17) is 23.4 Å². The van der Waals surface area contributed by atoms with E-state index in [0.717, 1.165) is 29.2 Å². The Labute approximate surface area is 191 Å². The number of benzene rings is 2. The van der Waals surface area contributed by atoms with Crippen LogP contribution in [0, 0.1) is 0 Å². The lowest BCUT2D eigenvalue weighted by atomic mass is 9.97. The maximum Gasteiger partial charge on any atom is 0.203 e. The molecular formula is C25H31O6Si. The Hall–Kier alpha value is -2.93. The number of unbranched alkanes of at least 4 members (excludes halogenated alkanes) is 1. The third-order valence-corrected chi connectivity index (χ3v) is 7.00. The van der Waals surface area contributed by atoms with E-state index in [0.29, 0.717) is 46.1 Å². The van der Waals surface area contributed by atoms with Crippen LogP contribution in [-0.4, -0.2) is 43.0 Å². The first-order valence-corrected chi connectivity index (χ1v) is 13.2. The molecule has 1 aromatic heterocycles. The van der Waals surface area contributed by atoms with Gasteiger partial charge in [0.05, 0.1) is 42.8 Å². The van der Waals surface area contributed by atoms with Crippen molar-refractivity contribution in [2.45, 2.75) is 39.3 Å². The molecule has 32 heavy (non-hydrogen) atoms. The van der Waals surface area contributed by atoms with Crippen molar-refractivity contribution in [3.05, 3.63) is 41.2 Å². The number of aryl methyl sites for hydroxylation is 1. The topological polar surface area (TPSA) is 67.1 Å². The molecule has 7 heteroatoms. The molecule has 0 saturated heterocycles. The predicted molar refractivity (Wildman–Crippen MR) is 128 cm³/mol. The van der Waals surface area contributed by atoms with E-state index >= 15 is 0 Å². The van der Waals surface area contributed by atoms with Gasteiger partial charge in [0.25, 0.3) is 0 Å². The second-order valence-corrected chi connectivity index (χ2v) is 10.3. The summed E-state index contributed by atoms with van der Waals surface area (Å²) in [5, 5.41) is 2.00. The van der Waals surface area contributed by atoms with E-state index < -0.39 is 8.80 Å². The number of fused-ring (bicyclic) bond motifs is 1. The molecule has 1 heterocycles. The molecule has 0 N–H and O–H groups in total. The SMILES string of the molecule is CCCCc1oc2cc(OC)cc([Si](C)C)c2c1C(=O)c1cc(OC)c(OC)c(OC)c1. The van der Waals surface area contributed by atoms with Crippen molar-refractivity contribution < 1.29 is 28.2 Å². The predicted octanol–water partition coefficient (Wildman–Crippen LogP) is 5.00. The van der Waals surface area contributed by atoms with E-state index in [2.05, 4.69) is 20.0 Å². The second-order valence-electron chi connectivity index (χ2n) is 7.80. The Morgan fingerprint density at radius 1 is 0.938 bits per heavy atom. The zero-order valence-electron chi connectivity index (χ0n) is 19.9. The highest BCUT2D eigenvalue weighted by Gasteiger charge is 2.27. The van der Waals surface area contributed by atoms with Gasteiger partial charge in [-0.15, -0.1) is 0 Å². The van der Waals surface area contributed by atoms with E-state index in [-0.39, 0.29) is 5.78 Å². The lowest BCUT2D eigenvalue weighted by molar-refractivity contribution is 0.103. The number of methoxy groups -OCH3 is 4. The van der Waals surface area contributed by atoms with Crippen molar-refractivity contribution in [3.63, 3.8) is 0 Å². The molecule has 171 valence electrons. The van der Waals surface area contributed by atoms with Crippen LogP contribution < -0.4 is 24.1 Å². The Morgan fingerprint density at radius 3 is 2.09 bits per heavy atom. The number of ether oxygens (including phenoxy) is 4. The van der Waals surface area contributed by atoms with Gasteiger partial charge >= 0.3 is 0 Å². The average molecular weight is 456 g/mol. The van der Waals surface area contributed by atoms with Crippen LogP contribution in [0.3, 0.4) is 0 Å². The molecule has 2 aromatic carbocycles. The normalized spacial score (nSPS) is 11.1. The average Bonchev–Trinajstić information content (AvgIpc) is 3.18. The first-order valence-electron chi connectivity index (χ1n) is 10.7. The fraction of sp³-hybridized carbons (Fsp3) is 0.400. The number of hydrogen-bond acceptors (Lipinski definition) is 6. The monoisotopic (exact) mass is 455 g/mol. The van der Waals surface area contributed by atoms with Gasteiger partial charge in [-0.05, 0) is 29.8 Å². The van der Waals surface area contributed by atoms with Gasteiger partial charge in [0.15, 0.2) is 17.3 Å². The van der Waals surface area contributed by atoms with Crippen LogP contribution in [-0.2, 0) is 6.42 Å². The third-order valence-electron chi connectivity index (χ3n) is 5.52. The summed E-state index contributed by atoms with van der Waals surface area (Å²) in [6.07, 6.45) is 2.62. The molecule has 0 spiro atoms. The molecule has 6 nitrogen and oxygen atoms in total. The van der Waals surface area contributed by atoms with Gasteiger partial charge in [-0.1, -0.05) is 26.4 Å². The summed E-state index contributed by atoms with van der Waals surface area (Å²) in [5.41, 5.74) is 1.77. The molecule has 0 aliphatic rings. The highest BCUT2D eigenvalue weighted by Crippen LogP contribution is 2.40. The Bertz CT molecular complexity index is 1090. The molecule has 3 aromatic rings. The molecule has 0 saturated carbocycles. The van der Waals surface area contributed by atoms with Crippen molar-refractivity contribution in [2.75, 3.05) is 28.4 Å². The number of carbonyl (C=O) groups is 1. The molecule has 0 fully saturated rings. The van der Waals surface area contributed by atoms with Gasteiger partial charge in [0.2, 0.25) is 5.75 Å².